The molecule has 0 aromatic carbocycles. The molecule has 48 valence electrons. The number of hydrogen-bond donors (Lipinski definition) is 0. The first-order chi connectivity index (χ1) is 4.38. The van der Waals surface area contributed by atoms with Crippen molar-refractivity contribution in [3.05, 3.63) is 0 Å². The molecular weight excluding hydrogens is 132 g/mol. The second-order valence-electron chi connectivity index (χ2n) is 2.20. The molecule has 0 N–H and O–H groups in total. The highest BCUT2D eigenvalue weighted by Crippen LogP contribution is 2.22. The van der Waals surface area contributed by atoms with E-state index in [1.54, 1.807) is 4.90 Å². The van der Waals surface area contributed by atoms with Crippen LogP contribution < -0.4 is 0 Å². The first kappa shape index (κ1) is 6.50. The van der Waals surface area contributed by atoms with Crippen LogP contribution in [0.3, 0.4) is 0 Å². The van der Waals surface area contributed by atoms with Gasteiger partial charge in [0, 0.05) is 6.04 Å². The lowest BCUT2D eigenvalue weighted by atomic mass is 9.92. The highest BCUT2D eigenvalue weighted by molar-refractivity contribution is 7.78. The van der Waals surface area contributed by atoms with Gasteiger partial charge >= 0.3 is 0 Å². The summed E-state index contributed by atoms with van der Waals surface area (Å²) < 4.78 is 0. The lowest BCUT2D eigenvalue weighted by Crippen LogP contribution is -2.34. The normalized spacial score (nSPS) is 17.7. The predicted molar refractivity (Wildman–Crippen MR) is 38.7 cm³/mol. The van der Waals surface area contributed by atoms with Crippen molar-refractivity contribution >= 4 is 17.7 Å². The van der Waals surface area contributed by atoms with Crippen molar-refractivity contribution < 1.29 is 0 Å². The van der Waals surface area contributed by atoms with Crippen LogP contribution in [0.15, 0.2) is 0 Å². The Morgan fingerprint density at radius 2 is 2.33 bits per heavy atom. The van der Waals surface area contributed by atoms with Gasteiger partial charge in [-0.05, 0) is 19.3 Å². The van der Waals surface area contributed by atoms with Crippen molar-refractivity contribution in [1.29, 1.82) is 5.26 Å². The summed E-state index contributed by atoms with van der Waals surface area (Å²) >= 11 is 4.63. The van der Waals surface area contributed by atoms with Gasteiger partial charge in [0.2, 0.25) is 0 Å². The van der Waals surface area contributed by atoms with E-state index in [9.17, 15) is 0 Å². The molecule has 9 heavy (non-hydrogen) atoms. The fraction of sp³-hybridized carbons (Fsp3) is 0.667. The van der Waals surface area contributed by atoms with Gasteiger partial charge in [-0.25, -0.2) is 0 Å². The average Bonchev–Trinajstić information content (AvgIpc) is 1.78. The minimum Gasteiger partial charge on any atom is -0.273 e. The highest BCUT2D eigenvalue weighted by Gasteiger charge is 2.22. The van der Waals surface area contributed by atoms with E-state index in [0.29, 0.717) is 6.04 Å². The molecule has 0 radical (unpaired) electrons. The van der Waals surface area contributed by atoms with E-state index in [0.717, 1.165) is 12.8 Å². The first-order valence-electron chi connectivity index (χ1n) is 3.02. The third-order valence-electron chi connectivity index (χ3n) is 1.70. The van der Waals surface area contributed by atoms with Gasteiger partial charge < -0.3 is 0 Å². The van der Waals surface area contributed by atoms with E-state index in [2.05, 4.69) is 12.2 Å². The van der Waals surface area contributed by atoms with E-state index in [1.807, 2.05) is 6.19 Å². The molecule has 0 aromatic heterocycles. The molecule has 3 heteroatoms. The zero-order chi connectivity index (χ0) is 6.69. The van der Waals surface area contributed by atoms with Crippen LogP contribution >= 0.6 is 12.2 Å². The number of rotatable bonds is 2. The van der Waals surface area contributed by atoms with Crippen LogP contribution in [-0.2, 0) is 0 Å². The Morgan fingerprint density at radius 1 is 1.67 bits per heavy atom. The second kappa shape index (κ2) is 2.79. The zero-order valence-corrected chi connectivity index (χ0v) is 5.90. The largest absolute Gasteiger partial charge is 0.273 e. The van der Waals surface area contributed by atoms with Crippen LogP contribution in [0.25, 0.3) is 0 Å². The van der Waals surface area contributed by atoms with E-state index in [4.69, 9.17) is 5.26 Å². The van der Waals surface area contributed by atoms with Crippen molar-refractivity contribution in [2.24, 2.45) is 0 Å². The monoisotopic (exact) mass is 140 g/mol. The van der Waals surface area contributed by atoms with Crippen LogP contribution in [-0.4, -0.2) is 16.4 Å². The number of nitrogens with zero attached hydrogens (tertiary/aromatic N) is 2. The van der Waals surface area contributed by atoms with Crippen LogP contribution in [0.5, 0.6) is 0 Å². The Kier molecular flexibility index (Phi) is 2.01. The third-order valence-corrected chi connectivity index (χ3v) is 1.92. The van der Waals surface area contributed by atoms with Gasteiger partial charge in [0.25, 0.3) is 0 Å². The Labute approximate surface area is 60.1 Å². The summed E-state index contributed by atoms with van der Waals surface area (Å²) in [6.45, 7) is 0. The smallest absolute Gasteiger partial charge is 0.184 e. The first-order valence-corrected chi connectivity index (χ1v) is 3.49. The molecule has 1 rings (SSSR count). The topological polar surface area (TPSA) is 27.0 Å². The van der Waals surface area contributed by atoms with Gasteiger partial charge in [0.05, 0.1) is 5.49 Å². The lowest BCUT2D eigenvalue weighted by molar-refractivity contribution is 0.277. The van der Waals surface area contributed by atoms with Crippen LogP contribution in [0.1, 0.15) is 19.3 Å². The standard InChI is InChI=1S/C6H8N2S/c7-4-8(5-9)6-2-1-3-6/h5-6H,1-3H2. The van der Waals surface area contributed by atoms with Gasteiger partial charge in [-0.1, -0.05) is 12.2 Å². The van der Waals surface area contributed by atoms with Gasteiger partial charge in [0.15, 0.2) is 6.19 Å². The van der Waals surface area contributed by atoms with Crippen LogP contribution in [0.4, 0.5) is 0 Å². The number of nitriles is 1. The molecule has 1 saturated carbocycles. The van der Waals surface area contributed by atoms with E-state index in [1.165, 1.54) is 11.9 Å². The summed E-state index contributed by atoms with van der Waals surface area (Å²) in [6.07, 6.45) is 5.52. The van der Waals surface area contributed by atoms with E-state index >= 15 is 0 Å². The maximum atomic E-state index is 8.44. The molecule has 0 aliphatic heterocycles. The van der Waals surface area contributed by atoms with E-state index in [-0.39, 0.29) is 0 Å². The Bertz CT molecular complexity index is 146. The van der Waals surface area contributed by atoms with Crippen LogP contribution in [0, 0.1) is 11.5 Å². The minimum atomic E-state index is 0.424. The minimum absolute atomic E-state index is 0.424. The quantitative estimate of drug-likeness (QED) is 0.328. The Morgan fingerprint density at radius 3 is 2.44 bits per heavy atom. The highest BCUT2D eigenvalue weighted by atomic mass is 32.1. The maximum Gasteiger partial charge on any atom is 0.184 e. The Balaban J connectivity index is 2.38. The SMILES string of the molecule is N#CN(C=S)C1CCC1. The predicted octanol–water partition coefficient (Wildman–Crippen LogP) is 1.28. The molecule has 0 spiro atoms. The average molecular weight is 140 g/mol. The summed E-state index contributed by atoms with van der Waals surface area (Å²) in [7, 11) is 0. The van der Waals surface area contributed by atoms with E-state index < -0.39 is 0 Å². The molecule has 0 heterocycles. The van der Waals surface area contributed by atoms with Gasteiger partial charge in [-0.15, -0.1) is 0 Å². The molecule has 1 aliphatic carbocycles. The molecule has 0 atom stereocenters. The fourth-order valence-electron chi connectivity index (χ4n) is 0.856. The zero-order valence-electron chi connectivity index (χ0n) is 5.08. The van der Waals surface area contributed by atoms with Crippen molar-refractivity contribution in [1.82, 2.24) is 4.90 Å². The molecular formula is C6H8N2S. The van der Waals surface area contributed by atoms with Crippen LogP contribution in [0.2, 0.25) is 0 Å². The second-order valence-corrected chi connectivity index (χ2v) is 2.41. The molecule has 0 amide bonds. The van der Waals surface area contributed by atoms with Crippen molar-refractivity contribution in [3.63, 3.8) is 0 Å². The molecule has 0 saturated heterocycles. The maximum absolute atomic E-state index is 8.44. The van der Waals surface area contributed by atoms with Crippen molar-refractivity contribution in [3.8, 4) is 6.19 Å². The molecule has 0 bridgehead atoms. The summed E-state index contributed by atoms with van der Waals surface area (Å²) in [6, 6.07) is 0.424. The summed E-state index contributed by atoms with van der Waals surface area (Å²) in [5.41, 5.74) is 1.43. The molecule has 2 nitrogen and oxygen atoms in total. The molecule has 0 unspecified atom stereocenters. The molecule has 1 fully saturated rings. The van der Waals surface area contributed by atoms with Gasteiger partial charge in [-0.3, -0.25) is 4.90 Å². The Hall–Kier alpha value is -0.620. The summed E-state index contributed by atoms with van der Waals surface area (Å²) in [5.74, 6) is 0. The summed E-state index contributed by atoms with van der Waals surface area (Å²) in [5, 5.41) is 8.44. The van der Waals surface area contributed by atoms with Crippen molar-refractivity contribution in [2.45, 2.75) is 25.3 Å². The summed E-state index contributed by atoms with van der Waals surface area (Å²) in [4.78, 5) is 1.55. The fourth-order valence-corrected chi connectivity index (χ4v) is 1.08. The van der Waals surface area contributed by atoms with Gasteiger partial charge in [0.1, 0.15) is 0 Å². The van der Waals surface area contributed by atoms with Gasteiger partial charge in [-0.2, -0.15) is 5.26 Å². The third kappa shape index (κ3) is 1.19. The lowest BCUT2D eigenvalue weighted by Gasteiger charge is -2.30. The molecule has 0 aromatic rings. The number of hydrogen-bond acceptors (Lipinski definition) is 2. The number of thiocarbonyl (C=S) groups is 1. The van der Waals surface area contributed by atoms with Crippen molar-refractivity contribution in [2.75, 3.05) is 0 Å². The molecule has 1 aliphatic rings.